The second-order valence-electron chi connectivity index (χ2n) is 5.16. The molecule has 19 heavy (non-hydrogen) atoms. The molecule has 1 saturated heterocycles. The van der Waals surface area contributed by atoms with Crippen molar-refractivity contribution in [3.8, 4) is 0 Å². The molecule has 2 N–H and O–H groups in total. The van der Waals surface area contributed by atoms with Gasteiger partial charge in [-0.15, -0.1) is 24.0 Å². The van der Waals surface area contributed by atoms with Gasteiger partial charge in [0.05, 0.1) is 0 Å². The summed E-state index contributed by atoms with van der Waals surface area (Å²) in [5.74, 6) is 0.938. The molecule has 0 aromatic rings. The van der Waals surface area contributed by atoms with E-state index in [1.54, 1.807) is 0 Å². The minimum atomic E-state index is 0. The number of rotatable bonds is 6. The summed E-state index contributed by atoms with van der Waals surface area (Å²) in [6.07, 6.45) is 6.52. The third-order valence-electron chi connectivity index (χ3n) is 3.68. The normalized spacial score (nSPS) is 20.8. The molecule has 5 heteroatoms. The maximum absolute atomic E-state index is 4.24. The van der Waals surface area contributed by atoms with Gasteiger partial charge in [0.15, 0.2) is 5.96 Å². The van der Waals surface area contributed by atoms with Crippen LogP contribution >= 0.6 is 24.0 Å². The molecule has 1 heterocycles. The summed E-state index contributed by atoms with van der Waals surface area (Å²) in [6, 6.07) is 0.746. The topological polar surface area (TPSA) is 39.7 Å². The van der Waals surface area contributed by atoms with Gasteiger partial charge in [-0.25, -0.2) is 0 Å². The number of halogens is 1. The van der Waals surface area contributed by atoms with E-state index in [0.29, 0.717) is 0 Å². The van der Waals surface area contributed by atoms with Gasteiger partial charge in [0, 0.05) is 32.7 Å². The van der Waals surface area contributed by atoms with E-state index >= 15 is 0 Å². The Kier molecular flexibility index (Phi) is 11.7. The van der Waals surface area contributed by atoms with Crippen LogP contribution in [-0.4, -0.2) is 50.1 Å². The van der Waals surface area contributed by atoms with Gasteiger partial charge < -0.3 is 10.6 Å². The number of unbranched alkanes of at least 4 members (excludes halogenated alkanes) is 1. The van der Waals surface area contributed by atoms with Crippen LogP contribution in [0.4, 0.5) is 0 Å². The van der Waals surface area contributed by atoms with Crippen molar-refractivity contribution in [1.82, 2.24) is 15.5 Å². The van der Waals surface area contributed by atoms with Crippen molar-refractivity contribution in [2.24, 2.45) is 4.99 Å². The highest BCUT2D eigenvalue weighted by Gasteiger charge is 2.17. The zero-order chi connectivity index (χ0) is 13.2. The Morgan fingerprint density at radius 3 is 2.63 bits per heavy atom. The van der Waals surface area contributed by atoms with Crippen molar-refractivity contribution in [2.75, 3.05) is 33.2 Å². The fraction of sp³-hybridized carbons (Fsp3) is 0.929. The largest absolute Gasteiger partial charge is 0.356 e. The van der Waals surface area contributed by atoms with Gasteiger partial charge in [-0.05, 0) is 32.7 Å². The predicted molar refractivity (Wildman–Crippen MR) is 94.6 cm³/mol. The Balaban J connectivity index is 0.00000324. The van der Waals surface area contributed by atoms with Crippen LogP contribution < -0.4 is 10.6 Å². The highest BCUT2D eigenvalue weighted by atomic mass is 127. The smallest absolute Gasteiger partial charge is 0.191 e. The van der Waals surface area contributed by atoms with Crippen molar-refractivity contribution in [3.05, 3.63) is 0 Å². The lowest BCUT2D eigenvalue weighted by Crippen LogP contribution is -2.45. The van der Waals surface area contributed by atoms with E-state index in [9.17, 15) is 0 Å². The molecule has 0 aromatic heterocycles. The monoisotopic (exact) mass is 382 g/mol. The Hall–Kier alpha value is -0.0400. The van der Waals surface area contributed by atoms with E-state index in [1.165, 1.54) is 38.6 Å². The van der Waals surface area contributed by atoms with E-state index in [1.807, 2.05) is 7.05 Å². The number of nitrogens with zero attached hydrogens (tertiary/aromatic N) is 2. The van der Waals surface area contributed by atoms with Gasteiger partial charge in [-0.2, -0.15) is 0 Å². The fourth-order valence-corrected chi connectivity index (χ4v) is 2.41. The van der Waals surface area contributed by atoms with Crippen molar-refractivity contribution in [3.63, 3.8) is 0 Å². The van der Waals surface area contributed by atoms with Crippen LogP contribution in [0, 0.1) is 0 Å². The van der Waals surface area contributed by atoms with Crippen LogP contribution in [0.5, 0.6) is 0 Å². The molecule has 0 saturated carbocycles. The predicted octanol–water partition coefficient (Wildman–Crippen LogP) is 2.44. The Labute approximate surface area is 135 Å². The summed E-state index contributed by atoms with van der Waals surface area (Å²) in [4.78, 5) is 6.82. The third kappa shape index (κ3) is 7.97. The zero-order valence-corrected chi connectivity index (χ0v) is 15.1. The first-order valence-corrected chi connectivity index (χ1v) is 7.46. The number of piperidine rings is 1. The fourth-order valence-electron chi connectivity index (χ4n) is 2.41. The molecule has 1 fully saturated rings. The molecule has 0 aliphatic carbocycles. The molecule has 0 bridgehead atoms. The molecule has 0 spiro atoms. The number of aliphatic imine (C=N–C) groups is 1. The van der Waals surface area contributed by atoms with Gasteiger partial charge in [-0.1, -0.05) is 19.8 Å². The second-order valence-corrected chi connectivity index (χ2v) is 5.16. The van der Waals surface area contributed by atoms with Crippen LogP contribution in [0.15, 0.2) is 4.99 Å². The summed E-state index contributed by atoms with van der Waals surface area (Å²) in [5.41, 5.74) is 0. The highest BCUT2D eigenvalue weighted by molar-refractivity contribution is 14.0. The Morgan fingerprint density at radius 2 is 2.00 bits per heavy atom. The lowest BCUT2D eigenvalue weighted by molar-refractivity contribution is 0.163. The van der Waals surface area contributed by atoms with Gasteiger partial charge in [0.2, 0.25) is 0 Å². The van der Waals surface area contributed by atoms with E-state index in [0.717, 1.165) is 31.6 Å². The Bertz CT molecular complexity index is 246. The lowest BCUT2D eigenvalue weighted by atomic mass is 10.0. The van der Waals surface area contributed by atoms with Gasteiger partial charge in [0.1, 0.15) is 0 Å². The number of nitrogens with one attached hydrogen (secondary N) is 2. The minimum absolute atomic E-state index is 0. The molecule has 1 rings (SSSR count). The van der Waals surface area contributed by atoms with Crippen molar-refractivity contribution < 1.29 is 0 Å². The van der Waals surface area contributed by atoms with E-state index in [4.69, 9.17) is 0 Å². The lowest BCUT2D eigenvalue weighted by Gasteiger charge is -2.33. The molecule has 1 aliphatic heterocycles. The molecule has 1 aliphatic rings. The van der Waals surface area contributed by atoms with E-state index in [-0.39, 0.29) is 24.0 Å². The molecule has 0 amide bonds. The van der Waals surface area contributed by atoms with E-state index < -0.39 is 0 Å². The summed E-state index contributed by atoms with van der Waals surface area (Å²) in [5, 5.41) is 6.73. The average Bonchev–Trinajstić information content (AvgIpc) is 2.39. The van der Waals surface area contributed by atoms with Crippen LogP contribution in [0.25, 0.3) is 0 Å². The van der Waals surface area contributed by atoms with Crippen molar-refractivity contribution in [1.29, 1.82) is 0 Å². The molecule has 4 nitrogen and oxygen atoms in total. The van der Waals surface area contributed by atoms with Gasteiger partial charge in [-0.3, -0.25) is 9.89 Å². The first-order chi connectivity index (χ1) is 8.77. The maximum Gasteiger partial charge on any atom is 0.191 e. The maximum atomic E-state index is 4.24. The SMILES string of the molecule is CCCCNC(=NC)NCCN1CCCCC1C.I. The minimum Gasteiger partial charge on any atom is -0.356 e. The first-order valence-electron chi connectivity index (χ1n) is 7.46. The standard InChI is InChI=1S/C14H30N4.HI/c1-4-5-9-16-14(15-3)17-10-12-18-11-7-6-8-13(18)2;/h13H,4-12H2,1-3H3,(H2,15,16,17);1H. The van der Waals surface area contributed by atoms with E-state index in [2.05, 4.69) is 34.4 Å². The molecule has 114 valence electrons. The van der Waals surface area contributed by atoms with Crippen LogP contribution in [0.2, 0.25) is 0 Å². The van der Waals surface area contributed by atoms with Crippen LogP contribution in [-0.2, 0) is 0 Å². The molecular formula is C14H31IN4. The van der Waals surface area contributed by atoms with Crippen LogP contribution in [0.1, 0.15) is 46.0 Å². The quantitative estimate of drug-likeness (QED) is 0.321. The number of likely N-dealkylation sites (tertiary alicyclic amines) is 1. The van der Waals surface area contributed by atoms with Crippen LogP contribution in [0.3, 0.4) is 0 Å². The second kappa shape index (κ2) is 11.8. The Morgan fingerprint density at radius 1 is 1.26 bits per heavy atom. The molecule has 1 atom stereocenters. The van der Waals surface area contributed by atoms with Crippen molar-refractivity contribution in [2.45, 2.75) is 52.0 Å². The molecule has 0 radical (unpaired) electrons. The summed E-state index contributed by atoms with van der Waals surface area (Å²) >= 11 is 0. The van der Waals surface area contributed by atoms with Gasteiger partial charge >= 0.3 is 0 Å². The van der Waals surface area contributed by atoms with Crippen molar-refractivity contribution >= 4 is 29.9 Å². The molecule has 1 unspecified atom stereocenters. The van der Waals surface area contributed by atoms with Gasteiger partial charge in [0.25, 0.3) is 0 Å². The summed E-state index contributed by atoms with van der Waals surface area (Å²) < 4.78 is 0. The summed E-state index contributed by atoms with van der Waals surface area (Å²) in [7, 11) is 1.84. The number of hydrogen-bond donors (Lipinski definition) is 2. The third-order valence-corrected chi connectivity index (χ3v) is 3.68. The summed E-state index contributed by atoms with van der Waals surface area (Å²) in [6.45, 7) is 8.91. The molecule has 0 aromatic carbocycles. The zero-order valence-electron chi connectivity index (χ0n) is 12.7. The number of hydrogen-bond acceptors (Lipinski definition) is 2. The first kappa shape index (κ1) is 19.0. The average molecular weight is 382 g/mol. The highest BCUT2D eigenvalue weighted by Crippen LogP contribution is 2.15. The number of guanidine groups is 1. The molecular weight excluding hydrogens is 351 g/mol.